The van der Waals surface area contributed by atoms with Crippen LogP contribution in [-0.4, -0.2) is 0 Å². The van der Waals surface area contributed by atoms with Crippen molar-refractivity contribution < 1.29 is 0 Å². The van der Waals surface area contributed by atoms with Crippen LogP contribution in [0.3, 0.4) is 0 Å². The van der Waals surface area contributed by atoms with Crippen LogP contribution in [0.4, 0.5) is 0 Å². The van der Waals surface area contributed by atoms with Gasteiger partial charge < -0.3 is 0 Å². The molecule has 7 aromatic carbocycles. The van der Waals surface area contributed by atoms with Gasteiger partial charge in [0.15, 0.2) is 0 Å². The van der Waals surface area contributed by atoms with E-state index in [9.17, 15) is 0 Å². The Morgan fingerprint density at radius 2 is 0.521 bits per heavy atom. The molecule has 1 unspecified atom stereocenters. The average Bonchev–Trinajstić information content (AvgIpc) is 3.84. The van der Waals surface area contributed by atoms with Gasteiger partial charge in [0.25, 0.3) is 0 Å². The topological polar surface area (TPSA) is 0 Å². The summed E-state index contributed by atoms with van der Waals surface area (Å²) in [6.07, 6.45) is 35.6. The number of fused-ring (bicyclic) bond motifs is 8. The van der Waals surface area contributed by atoms with Crippen molar-refractivity contribution in [2.75, 3.05) is 0 Å². The highest BCUT2D eigenvalue weighted by atomic mass is 14.5. The standard InChI is InChI=1S/C71H88/c1-5-9-13-17-21-33-49-70(48-32-20-16-12-8-4)64-42-30-28-36-56(64)58-46-44-54(52-66(58)70)68-60-38-24-26-40-62(60)69(63-41-27-25-39-61(63)68)55-45-47-59-57-37-29-31-43-65(57)71(67(59)53-55,50-34-22-18-14-10-6-2)51-35-23-19-15-11-7-3/h24-31,36-47,52-53H,5-23,32-35,48-51H2,1-4H3. The van der Waals surface area contributed by atoms with Gasteiger partial charge in [-0.2, -0.15) is 0 Å². The van der Waals surface area contributed by atoms with E-state index in [0.29, 0.717) is 0 Å². The fourth-order valence-electron chi connectivity index (χ4n) is 14.0. The van der Waals surface area contributed by atoms with E-state index < -0.39 is 0 Å². The van der Waals surface area contributed by atoms with Crippen LogP contribution in [0.15, 0.2) is 133 Å². The molecule has 372 valence electrons. The first kappa shape index (κ1) is 51.0. The van der Waals surface area contributed by atoms with Gasteiger partial charge in [0.1, 0.15) is 0 Å². The lowest BCUT2D eigenvalue weighted by Crippen LogP contribution is -2.25. The molecule has 0 aliphatic heterocycles. The number of hydrogen-bond acceptors (Lipinski definition) is 0. The van der Waals surface area contributed by atoms with Crippen LogP contribution in [-0.2, 0) is 10.8 Å². The van der Waals surface area contributed by atoms with Crippen molar-refractivity contribution in [3.05, 3.63) is 156 Å². The van der Waals surface area contributed by atoms with Crippen molar-refractivity contribution in [3.63, 3.8) is 0 Å². The average molecular weight is 941 g/mol. The van der Waals surface area contributed by atoms with E-state index in [-0.39, 0.29) is 10.8 Å². The molecule has 0 radical (unpaired) electrons. The first-order valence-corrected chi connectivity index (χ1v) is 29.5. The lowest BCUT2D eigenvalue weighted by Gasteiger charge is -2.33. The van der Waals surface area contributed by atoms with Gasteiger partial charge in [-0.25, -0.2) is 0 Å². The zero-order valence-electron chi connectivity index (χ0n) is 44.8. The Morgan fingerprint density at radius 1 is 0.254 bits per heavy atom. The Balaban J connectivity index is 1.16. The van der Waals surface area contributed by atoms with Gasteiger partial charge in [-0.3, -0.25) is 0 Å². The first-order valence-electron chi connectivity index (χ1n) is 29.5. The maximum atomic E-state index is 2.70. The fraction of sp³-hybridized carbons (Fsp3) is 0.465. The Morgan fingerprint density at radius 3 is 0.845 bits per heavy atom. The molecule has 0 heteroatoms. The lowest BCUT2D eigenvalue weighted by atomic mass is 9.70. The summed E-state index contributed by atoms with van der Waals surface area (Å²) >= 11 is 0. The molecule has 0 nitrogen and oxygen atoms in total. The summed E-state index contributed by atoms with van der Waals surface area (Å²) in [5.74, 6) is 0. The summed E-state index contributed by atoms with van der Waals surface area (Å²) in [7, 11) is 0. The van der Waals surface area contributed by atoms with Crippen LogP contribution in [0.1, 0.15) is 223 Å². The molecule has 9 rings (SSSR count). The number of unbranched alkanes of at least 4 members (excludes halogenated alkanes) is 19. The Kier molecular flexibility index (Phi) is 17.7. The van der Waals surface area contributed by atoms with Crippen molar-refractivity contribution >= 4 is 21.5 Å². The van der Waals surface area contributed by atoms with E-state index >= 15 is 0 Å². The first-order chi connectivity index (χ1) is 35.1. The van der Waals surface area contributed by atoms with Crippen LogP contribution < -0.4 is 0 Å². The van der Waals surface area contributed by atoms with Crippen molar-refractivity contribution in [3.8, 4) is 44.5 Å². The van der Waals surface area contributed by atoms with Crippen molar-refractivity contribution in [2.24, 2.45) is 0 Å². The highest BCUT2D eigenvalue weighted by Gasteiger charge is 2.44. The van der Waals surface area contributed by atoms with E-state index in [1.165, 1.54) is 239 Å². The summed E-state index contributed by atoms with van der Waals surface area (Å²) in [6.45, 7) is 9.35. The normalized spacial score (nSPS) is 15.3. The van der Waals surface area contributed by atoms with Gasteiger partial charge in [0.2, 0.25) is 0 Å². The fourth-order valence-corrected chi connectivity index (χ4v) is 14.0. The third kappa shape index (κ3) is 10.6. The second-order valence-electron chi connectivity index (χ2n) is 22.3. The summed E-state index contributed by atoms with van der Waals surface area (Å²) in [5, 5.41) is 5.47. The maximum Gasteiger partial charge on any atom is 0.0215 e. The maximum absolute atomic E-state index is 2.70. The van der Waals surface area contributed by atoms with Gasteiger partial charge >= 0.3 is 0 Å². The highest BCUT2D eigenvalue weighted by Crippen LogP contribution is 2.58. The minimum Gasteiger partial charge on any atom is -0.0654 e. The van der Waals surface area contributed by atoms with Gasteiger partial charge in [-0.1, -0.05) is 297 Å². The van der Waals surface area contributed by atoms with Gasteiger partial charge in [-0.05, 0) is 126 Å². The Labute approximate surface area is 431 Å². The quantitative estimate of drug-likeness (QED) is 0.0324. The molecule has 0 heterocycles. The Bertz CT molecular complexity index is 2740. The number of rotatable bonds is 29. The number of benzene rings is 7. The van der Waals surface area contributed by atoms with E-state index in [2.05, 4.69) is 161 Å². The van der Waals surface area contributed by atoms with Crippen molar-refractivity contribution in [1.29, 1.82) is 0 Å². The van der Waals surface area contributed by atoms with Gasteiger partial charge in [0.05, 0.1) is 0 Å². The molecule has 0 saturated carbocycles. The molecule has 0 amide bonds. The lowest BCUT2D eigenvalue weighted by molar-refractivity contribution is 0.398. The van der Waals surface area contributed by atoms with Crippen LogP contribution in [0.25, 0.3) is 66.1 Å². The SMILES string of the molecule is CCCCCCCCC1(CCCCCCC)c2ccccc2-c2ccc(-c3c4ccccc4c(-c4ccc5c(c4)C(CCCCCCCC)(CCCCCCCC)c4ccccc4-5)c4ccccc34)cc21. The second kappa shape index (κ2) is 24.7. The third-order valence-corrected chi connectivity index (χ3v) is 17.6. The summed E-state index contributed by atoms with van der Waals surface area (Å²) in [4.78, 5) is 0. The molecule has 0 N–H and O–H groups in total. The van der Waals surface area contributed by atoms with Crippen LogP contribution in [0.2, 0.25) is 0 Å². The zero-order valence-corrected chi connectivity index (χ0v) is 44.8. The molecule has 1 atom stereocenters. The molecule has 0 spiro atoms. The molecule has 7 aromatic rings. The molecule has 0 fully saturated rings. The predicted molar refractivity (Wildman–Crippen MR) is 312 cm³/mol. The van der Waals surface area contributed by atoms with E-state index in [1.807, 2.05) is 0 Å². The van der Waals surface area contributed by atoms with Crippen LogP contribution in [0.5, 0.6) is 0 Å². The summed E-state index contributed by atoms with van der Waals surface area (Å²) in [5.41, 5.74) is 17.9. The highest BCUT2D eigenvalue weighted by molar-refractivity contribution is 6.21. The largest absolute Gasteiger partial charge is 0.0654 e. The van der Waals surface area contributed by atoms with Gasteiger partial charge in [-0.15, -0.1) is 0 Å². The third-order valence-electron chi connectivity index (χ3n) is 17.6. The minimum absolute atomic E-state index is 0.0446. The molecular formula is C71H88. The summed E-state index contributed by atoms with van der Waals surface area (Å²) < 4.78 is 0. The van der Waals surface area contributed by atoms with E-state index in [0.717, 1.165) is 0 Å². The van der Waals surface area contributed by atoms with Crippen LogP contribution >= 0.6 is 0 Å². The molecule has 2 aliphatic rings. The molecule has 0 saturated heterocycles. The van der Waals surface area contributed by atoms with Crippen LogP contribution in [0, 0.1) is 0 Å². The van der Waals surface area contributed by atoms with Crippen molar-refractivity contribution in [1.82, 2.24) is 0 Å². The predicted octanol–water partition coefficient (Wildman–Crippen LogP) is 22.5. The molecule has 71 heavy (non-hydrogen) atoms. The van der Waals surface area contributed by atoms with E-state index in [4.69, 9.17) is 0 Å². The van der Waals surface area contributed by atoms with Crippen molar-refractivity contribution in [2.45, 2.75) is 212 Å². The Hall–Kier alpha value is -4.94. The van der Waals surface area contributed by atoms with E-state index in [1.54, 1.807) is 22.3 Å². The number of hydrogen-bond donors (Lipinski definition) is 0. The molecule has 0 aromatic heterocycles. The minimum atomic E-state index is 0.0446. The second-order valence-corrected chi connectivity index (χ2v) is 22.3. The molecule has 0 bridgehead atoms. The smallest absolute Gasteiger partial charge is 0.0215 e. The molecule has 2 aliphatic carbocycles. The monoisotopic (exact) mass is 941 g/mol. The molecular weight excluding hydrogens is 853 g/mol. The summed E-state index contributed by atoms with van der Waals surface area (Å²) in [6, 6.07) is 53.4. The zero-order chi connectivity index (χ0) is 48.9. The van der Waals surface area contributed by atoms with Gasteiger partial charge in [0, 0.05) is 10.8 Å².